The van der Waals surface area contributed by atoms with Crippen LogP contribution in [0.2, 0.25) is 0 Å². The van der Waals surface area contributed by atoms with Crippen LogP contribution in [-0.4, -0.2) is 18.0 Å². The summed E-state index contributed by atoms with van der Waals surface area (Å²) in [4.78, 5) is 2.44. The Labute approximate surface area is 101 Å². The fraction of sp³-hybridized carbons (Fsp3) is 0.429. The van der Waals surface area contributed by atoms with E-state index in [1.165, 1.54) is 31.3 Å². The van der Waals surface area contributed by atoms with Crippen molar-refractivity contribution in [3.8, 4) is 0 Å². The van der Waals surface area contributed by atoms with Gasteiger partial charge in [0, 0.05) is 17.5 Å². The zero-order chi connectivity index (χ0) is 11.7. The molecule has 3 heteroatoms. The lowest BCUT2D eigenvalue weighted by Crippen LogP contribution is -2.17. The maximum absolute atomic E-state index is 5.93. The molecule has 17 heavy (non-hydrogen) atoms. The molecule has 1 aromatic carbocycles. The number of furan rings is 1. The minimum absolute atomic E-state index is 0.536. The summed E-state index contributed by atoms with van der Waals surface area (Å²) in [5.74, 6) is 1.06. The first-order chi connectivity index (χ1) is 8.36. The predicted molar refractivity (Wildman–Crippen MR) is 68.6 cm³/mol. The Kier molecular flexibility index (Phi) is 2.87. The van der Waals surface area contributed by atoms with E-state index in [2.05, 4.69) is 17.0 Å². The second kappa shape index (κ2) is 4.51. The molecule has 2 heterocycles. The van der Waals surface area contributed by atoms with Crippen LogP contribution < -0.4 is 5.73 Å². The molecule has 1 aliphatic rings. The highest BCUT2D eigenvalue weighted by molar-refractivity contribution is 5.81. The fourth-order valence-corrected chi connectivity index (χ4v) is 2.58. The molecule has 0 saturated carbocycles. The van der Waals surface area contributed by atoms with Gasteiger partial charge in [-0.25, -0.2) is 0 Å². The lowest BCUT2D eigenvalue weighted by molar-refractivity contribution is 0.302. The Morgan fingerprint density at radius 2 is 2.06 bits per heavy atom. The smallest absolute Gasteiger partial charge is 0.138 e. The van der Waals surface area contributed by atoms with Crippen LogP contribution in [0.4, 0.5) is 0 Å². The van der Waals surface area contributed by atoms with Crippen LogP contribution in [0.5, 0.6) is 0 Å². The molecule has 0 atom stereocenters. The van der Waals surface area contributed by atoms with E-state index in [4.69, 9.17) is 10.2 Å². The lowest BCUT2D eigenvalue weighted by Gasteiger charge is -2.11. The number of fused-ring (bicyclic) bond motifs is 1. The summed E-state index contributed by atoms with van der Waals surface area (Å²) < 4.78 is 5.93. The molecule has 1 saturated heterocycles. The van der Waals surface area contributed by atoms with Crippen LogP contribution in [0.3, 0.4) is 0 Å². The molecule has 0 unspecified atom stereocenters. The van der Waals surface area contributed by atoms with Gasteiger partial charge in [0.25, 0.3) is 0 Å². The molecule has 0 aliphatic carbocycles. The van der Waals surface area contributed by atoms with Gasteiger partial charge in [-0.2, -0.15) is 0 Å². The zero-order valence-corrected chi connectivity index (χ0v) is 9.98. The van der Waals surface area contributed by atoms with E-state index in [0.29, 0.717) is 6.54 Å². The lowest BCUT2D eigenvalue weighted by atomic mass is 10.1. The molecule has 1 aromatic heterocycles. The van der Waals surface area contributed by atoms with Crippen LogP contribution in [0, 0.1) is 0 Å². The van der Waals surface area contributed by atoms with Crippen LogP contribution >= 0.6 is 0 Å². The monoisotopic (exact) mass is 230 g/mol. The molecule has 2 aromatic rings. The summed E-state index contributed by atoms with van der Waals surface area (Å²) in [5, 5.41) is 1.17. The molecule has 0 radical (unpaired) electrons. The minimum atomic E-state index is 0.536. The third-order valence-electron chi connectivity index (χ3n) is 3.47. The number of likely N-dealkylation sites (tertiary alicyclic amines) is 1. The van der Waals surface area contributed by atoms with E-state index >= 15 is 0 Å². The summed E-state index contributed by atoms with van der Waals surface area (Å²) in [6, 6.07) is 8.31. The summed E-state index contributed by atoms with van der Waals surface area (Å²) >= 11 is 0. The first-order valence-electron chi connectivity index (χ1n) is 6.29. The second-order valence-electron chi connectivity index (χ2n) is 4.74. The average Bonchev–Trinajstić information content (AvgIpc) is 2.97. The maximum atomic E-state index is 5.93. The highest BCUT2D eigenvalue weighted by atomic mass is 16.3. The Morgan fingerprint density at radius 1 is 1.24 bits per heavy atom. The van der Waals surface area contributed by atoms with E-state index in [9.17, 15) is 0 Å². The highest BCUT2D eigenvalue weighted by Gasteiger charge is 2.14. The number of hydrogen-bond acceptors (Lipinski definition) is 3. The van der Waals surface area contributed by atoms with Crippen LogP contribution in [-0.2, 0) is 13.1 Å². The number of nitrogens with two attached hydrogens (primary N) is 1. The van der Waals surface area contributed by atoms with E-state index in [0.717, 1.165) is 23.5 Å². The van der Waals surface area contributed by atoms with E-state index in [1.807, 2.05) is 12.1 Å². The van der Waals surface area contributed by atoms with Crippen molar-refractivity contribution in [2.75, 3.05) is 13.1 Å². The van der Waals surface area contributed by atoms with Gasteiger partial charge in [-0.1, -0.05) is 18.2 Å². The fourth-order valence-electron chi connectivity index (χ4n) is 2.58. The standard InChI is InChI=1S/C14H18N2O/c15-9-12-5-3-4-11-8-13(17-14(11)12)10-16-6-1-2-7-16/h3-5,8H,1-2,6-7,9-10,15H2. The Balaban J connectivity index is 1.90. The Bertz CT molecular complexity index is 512. The molecule has 0 amide bonds. The predicted octanol–water partition coefficient (Wildman–Crippen LogP) is 2.49. The summed E-state index contributed by atoms with van der Waals surface area (Å²) in [5.41, 5.74) is 7.77. The second-order valence-corrected chi connectivity index (χ2v) is 4.74. The molecule has 90 valence electrons. The maximum Gasteiger partial charge on any atom is 0.138 e. The molecular weight excluding hydrogens is 212 g/mol. The zero-order valence-electron chi connectivity index (χ0n) is 9.98. The molecular formula is C14H18N2O. The van der Waals surface area contributed by atoms with Gasteiger partial charge in [0.1, 0.15) is 11.3 Å². The summed E-state index contributed by atoms with van der Waals surface area (Å²) in [7, 11) is 0. The van der Waals surface area contributed by atoms with Crippen molar-refractivity contribution in [3.63, 3.8) is 0 Å². The SMILES string of the molecule is NCc1cccc2cc(CN3CCCC3)oc12. The Morgan fingerprint density at radius 3 is 2.82 bits per heavy atom. The number of para-hydroxylation sites is 1. The van der Waals surface area contributed by atoms with Crippen molar-refractivity contribution in [3.05, 3.63) is 35.6 Å². The van der Waals surface area contributed by atoms with Gasteiger partial charge in [0.2, 0.25) is 0 Å². The van der Waals surface area contributed by atoms with Crippen LogP contribution in [0.15, 0.2) is 28.7 Å². The molecule has 2 N–H and O–H groups in total. The minimum Gasteiger partial charge on any atom is -0.459 e. The summed E-state index contributed by atoms with van der Waals surface area (Å²) in [6.45, 7) is 3.86. The normalized spacial score (nSPS) is 17.0. The van der Waals surface area contributed by atoms with E-state index < -0.39 is 0 Å². The van der Waals surface area contributed by atoms with Crippen molar-refractivity contribution in [2.24, 2.45) is 5.73 Å². The van der Waals surface area contributed by atoms with Crippen molar-refractivity contribution in [2.45, 2.75) is 25.9 Å². The molecule has 0 spiro atoms. The van der Waals surface area contributed by atoms with E-state index in [1.54, 1.807) is 0 Å². The van der Waals surface area contributed by atoms with Gasteiger partial charge in [0.15, 0.2) is 0 Å². The van der Waals surface area contributed by atoms with Crippen molar-refractivity contribution >= 4 is 11.0 Å². The van der Waals surface area contributed by atoms with Crippen molar-refractivity contribution < 1.29 is 4.42 Å². The van der Waals surface area contributed by atoms with Crippen LogP contribution in [0.1, 0.15) is 24.2 Å². The largest absolute Gasteiger partial charge is 0.459 e. The van der Waals surface area contributed by atoms with E-state index in [-0.39, 0.29) is 0 Å². The third kappa shape index (κ3) is 2.08. The number of benzene rings is 1. The summed E-state index contributed by atoms with van der Waals surface area (Å²) in [6.07, 6.45) is 2.63. The van der Waals surface area contributed by atoms with Gasteiger partial charge in [-0.3, -0.25) is 4.90 Å². The van der Waals surface area contributed by atoms with Crippen molar-refractivity contribution in [1.82, 2.24) is 4.90 Å². The first kappa shape index (κ1) is 10.8. The van der Waals surface area contributed by atoms with Gasteiger partial charge in [-0.05, 0) is 32.0 Å². The molecule has 3 nitrogen and oxygen atoms in total. The topological polar surface area (TPSA) is 42.4 Å². The third-order valence-corrected chi connectivity index (χ3v) is 3.47. The molecule has 1 aliphatic heterocycles. The van der Waals surface area contributed by atoms with Gasteiger partial charge in [0.05, 0.1) is 6.54 Å². The molecule has 0 bridgehead atoms. The van der Waals surface area contributed by atoms with Gasteiger partial charge in [-0.15, -0.1) is 0 Å². The Hall–Kier alpha value is -1.32. The molecule has 1 fully saturated rings. The van der Waals surface area contributed by atoms with Gasteiger partial charge < -0.3 is 10.2 Å². The highest BCUT2D eigenvalue weighted by Crippen LogP contribution is 2.24. The quantitative estimate of drug-likeness (QED) is 0.880. The number of hydrogen-bond donors (Lipinski definition) is 1. The number of rotatable bonds is 3. The number of nitrogens with zero attached hydrogens (tertiary/aromatic N) is 1. The first-order valence-corrected chi connectivity index (χ1v) is 6.29. The van der Waals surface area contributed by atoms with Gasteiger partial charge >= 0.3 is 0 Å². The average molecular weight is 230 g/mol. The van der Waals surface area contributed by atoms with Crippen LogP contribution in [0.25, 0.3) is 11.0 Å². The van der Waals surface area contributed by atoms with Crippen molar-refractivity contribution in [1.29, 1.82) is 0 Å². The molecule has 3 rings (SSSR count).